The second kappa shape index (κ2) is 7.15. The zero-order chi connectivity index (χ0) is 15.3. The van der Waals surface area contributed by atoms with Gasteiger partial charge in [-0.3, -0.25) is 0 Å². The molecule has 2 rings (SSSR count). The van der Waals surface area contributed by atoms with Crippen LogP contribution in [0.3, 0.4) is 0 Å². The third-order valence-electron chi connectivity index (χ3n) is 3.47. The highest BCUT2D eigenvalue weighted by Gasteiger charge is 2.27. The third-order valence-corrected chi connectivity index (χ3v) is 5.16. The molecule has 114 valence electrons. The normalized spacial score (nSPS) is 11.4. The molecule has 0 saturated carbocycles. The van der Waals surface area contributed by atoms with Crippen molar-refractivity contribution < 1.29 is 9.84 Å². The van der Waals surface area contributed by atoms with Crippen LogP contribution in [0.4, 0.5) is 5.13 Å². The van der Waals surface area contributed by atoms with Gasteiger partial charge in [0.1, 0.15) is 11.4 Å². The van der Waals surface area contributed by atoms with Crippen LogP contribution in [0.5, 0.6) is 5.75 Å². The van der Waals surface area contributed by atoms with E-state index in [1.54, 1.807) is 7.11 Å². The highest BCUT2D eigenvalue weighted by molar-refractivity contribution is 8.00. The maximum absolute atomic E-state index is 10.5. The van der Waals surface area contributed by atoms with Crippen LogP contribution in [0.1, 0.15) is 32.4 Å². The molecule has 0 spiro atoms. The van der Waals surface area contributed by atoms with Gasteiger partial charge in [0.15, 0.2) is 5.13 Å². The number of thiazole rings is 1. The average molecular weight is 324 g/mol. The van der Waals surface area contributed by atoms with Gasteiger partial charge in [-0.2, -0.15) is 0 Å². The molecule has 0 bridgehead atoms. The molecule has 0 atom stereocenters. The maximum atomic E-state index is 10.5. The summed E-state index contributed by atoms with van der Waals surface area (Å²) in [6.07, 6.45) is 1.33. The van der Waals surface area contributed by atoms with Crippen LogP contribution in [0.25, 0.3) is 0 Å². The molecule has 4 nitrogen and oxygen atoms in total. The molecule has 0 aliphatic carbocycles. The molecule has 0 unspecified atom stereocenters. The van der Waals surface area contributed by atoms with Crippen LogP contribution >= 0.6 is 23.3 Å². The summed E-state index contributed by atoms with van der Waals surface area (Å²) in [6.45, 7) is 3.95. The fourth-order valence-electron chi connectivity index (χ4n) is 1.89. The lowest BCUT2D eigenvalue weighted by Crippen LogP contribution is -2.23. The summed E-state index contributed by atoms with van der Waals surface area (Å²) in [6, 6.07) is 7.81. The molecule has 2 N–H and O–H groups in total. The van der Waals surface area contributed by atoms with E-state index in [0.29, 0.717) is 12.8 Å². The smallest absolute Gasteiger partial charge is 0.193 e. The molecule has 2 aromatic rings. The van der Waals surface area contributed by atoms with Crippen LogP contribution in [-0.4, -0.2) is 17.2 Å². The first-order valence-electron chi connectivity index (χ1n) is 6.86. The first kappa shape index (κ1) is 16.1. The number of methoxy groups -OCH3 is 1. The summed E-state index contributed by atoms with van der Waals surface area (Å²) < 4.78 is 8.34. The molecule has 1 heterocycles. The van der Waals surface area contributed by atoms with E-state index < -0.39 is 5.60 Å². The summed E-state index contributed by atoms with van der Waals surface area (Å²) in [4.78, 5) is 5.56. The number of aliphatic hydroxyl groups is 1. The van der Waals surface area contributed by atoms with Gasteiger partial charge in [0.2, 0.25) is 0 Å². The molecule has 1 aromatic heterocycles. The Balaban J connectivity index is 1.99. The second-order valence-electron chi connectivity index (χ2n) is 4.66. The van der Waals surface area contributed by atoms with Crippen molar-refractivity contribution in [1.82, 2.24) is 4.98 Å². The molecular formula is C15H20N2O2S2. The van der Waals surface area contributed by atoms with Crippen molar-refractivity contribution in [2.45, 2.75) is 37.2 Å². The minimum atomic E-state index is -0.818. The standard InChI is InChI=1S/C15H20N2O2S2/c1-4-15(18,5-2)13-10-20-14(16-13)17-21-12-8-6-11(19-3)7-9-12/h6-10,18H,4-5H2,1-3H3,(H,16,17). The molecule has 0 saturated heterocycles. The van der Waals surface area contributed by atoms with E-state index in [4.69, 9.17) is 4.74 Å². The minimum absolute atomic E-state index is 0.665. The molecule has 21 heavy (non-hydrogen) atoms. The number of aromatic nitrogens is 1. The zero-order valence-corrected chi connectivity index (χ0v) is 14.1. The van der Waals surface area contributed by atoms with E-state index >= 15 is 0 Å². The van der Waals surface area contributed by atoms with Crippen LogP contribution in [-0.2, 0) is 5.60 Å². The summed E-state index contributed by atoms with van der Waals surface area (Å²) in [5.74, 6) is 0.840. The van der Waals surface area contributed by atoms with Gasteiger partial charge in [-0.15, -0.1) is 11.3 Å². The number of nitrogens with zero attached hydrogens (tertiary/aromatic N) is 1. The van der Waals surface area contributed by atoms with Crippen LogP contribution in [0.15, 0.2) is 34.5 Å². The van der Waals surface area contributed by atoms with Crippen LogP contribution in [0, 0.1) is 0 Å². The maximum Gasteiger partial charge on any atom is 0.193 e. The zero-order valence-electron chi connectivity index (χ0n) is 12.4. The van der Waals surface area contributed by atoms with Gasteiger partial charge in [0.05, 0.1) is 12.8 Å². The predicted octanol–water partition coefficient (Wildman–Crippen LogP) is 4.28. The Morgan fingerprint density at radius 2 is 1.95 bits per heavy atom. The number of hydrogen-bond donors (Lipinski definition) is 2. The van der Waals surface area contributed by atoms with Gasteiger partial charge in [-0.25, -0.2) is 4.98 Å². The van der Waals surface area contributed by atoms with Crippen molar-refractivity contribution in [3.05, 3.63) is 35.3 Å². The fraction of sp³-hybridized carbons (Fsp3) is 0.400. The number of ether oxygens (including phenoxy) is 1. The molecular weight excluding hydrogens is 304 g/mol. The van der Waals surface area contributed by atoms with E-state index in [1.807, 2.05) is 43.5 Å². The SMILES string of the molecule is CCC(O)(CC)c1csc(NSc2ccc(OC)cc2)n1. The largest absolute Gasteiger partial charge is 0.497 e. The first-order chi connectivity index (χ1) is 10.1. The fourth-order valence-corrected chi connectivity index (χ4v) is 3.38. The van der Waals surface area contributed by atoms with E-state index in [2.05, 4.69) is 9.71 Å². The number of benzene rings is 1. The Morgan fingerprint density at radius 1 is 1.29 bits per heavy atom. The molecule has 0 fully saturated rings. The first-order valence-corrected chi connectivity index (χ1v) is 8.56. The van der Waals surface area contributed by atoms with Gasteiger partial charge in [0, 0.05) is 10.3 Å². The lowest BCUT2D eigenvalue weighted by atomic mass is 9.94. The molecule has 0 aliphatic heterocycles. The molecule has 1 aromatic carbocycles. The lowest BCUT2D eigenvalue weighted by Gasteiger charge is -2.22. The van der Waals surface area contributed by atoms with Crippen LogP contribution in [0.2, 0.25) is 0 Å². The summed E-state index contributed by atoms with van der Waals surface area (Å²) in [7, 11) is 1.65. The van der Waals surface area contributed by atoms with Crippen molar-refractivity contribution in [2.24, 2.45) is 0 Å². The molecule has 6 heteroatoms. The summed E-state index contributed by atoms with van der Waals surface area (Å²) in [5, 5.41) is 13.2. The summed E-state index contributed by atoms with van der Waals surface area (Å²) in [5.41, 5.74) is -0.0726. The van der Waals surface area contributed by atoms with Crippen molar-refractivity contribution in [3.63, 3.8) is 0 Å². The predicted molar refractivity (Wildman–Crippen MR) is 89.1 cm³/mol. The Kier molecular flexibility index (Phi) is 5.50. The number of hydrogen-bond acceptors (Lipinski definition) is 6. The molecule has 0 aliphatic rings. The average Bonchev–Trinajstić information content (AvgIpc) is 3.02. The van der Waals surface area contributed by atoms with E-state index in [0.717, 1.165) is 21.5 Å². The minimum Gasteiger partial charge on any atom is -0.497 e. The Morgan fingerprint density at radius 3 is 2.52 bits per heavy atom. The highest BCUT2D eigenvalue weighted by Crippen LogP contribution is 2.32. The second-order valence-corrected chi connectivity index (χ2v) is 6.39. The number of anilines is 1. The van der Waals surface area contributed by atoms with E-state index in [-0.39, 0.29) is 0 Å². The van der Waals surface area contributed by atoms with Gasteiger partial charge in [-0.05, 0) is 49.1 Å². The quantitative estimate of drug-likeness (QED) is 0.745. The summed E-state index contributed by atoms with van der Waals surface area (Å²) >= 11 is 3.00. The van der Waals surface area contributed by atoms with Gasteiger partial charge < -0.3 is 14.6 Å². The lowest BCUT2D eigenvalue weighted by molar-refractivity contribution is 0.0247. The molecule has 0 radical (unpaired) electrons. The van der Waals surface area contributed by atoms with Crippen molar-refractivity contribution in [1.29, 1.82) is 0 Å². The molecule has 0 amide bonds. The highest BCUT2D eigenvalue weighted by atomic mass is 32.2. The van der Waals surface area contributed by atoms with Crippen molar-refractivity contribution in [3.8, 4) is 5.75 Å². The topological polar surface area (TPSA) is 54.4 Å². The van der Waals surface area contributed by atoms with E-state index in [1.165, 1.54) is 23.3 Å². The van der Waals surface area contributed by atoms with Gasteiger partial charge in [0.25, 0.3) is 0 Å². The van der Waals surface area contributed by atoms with Crippen LogP contribution < -0.4 is 9.46 Å². The monoisotopic (exact) mass is 324 g/mol. The van der Waals surface area contributed by atoms with E-state index in [9.17, 15) is 5.11 Å². The Bertz CT molecular complexity index is 565. The Hall–Kier alpha value is -1.24. The van der Waals surface area contributed by atoms with Gasteiger partial charge in [-0.1, -0.05) is 13.8 Å². The number of nitrogens with one attached hydrogen (secondary N) is 1. The van der Waals surface area contributed by atoms with Crippen molar-refractivity contribution >= 4 is 28.4 Å². The number of rotatable bonds is 7. The van der Waals surface area contributed by atoms with Gasteiger partial charge >= 0.3 is 0 Å². The Labute approximate surface area is 133 Å². The van der Waals surface area contributed by atoms with Crippen molar-refractivity contribution in [2.75, 3.05) is 11.8 Å². The third kappa shape index (κ3) is 3.90.